The van der Waals surface area contributed by atoms with Gasteiger partial charge < -0.3 is 19.5 Å². The molecule has 3 aromatic rings. The number of carbonyl (C=O) groups excluding carboxylic acids is 1. The molecule has 0 bridgehead atoms. The Kier molecular flexibility index (Phi) is 5.91. The summed E-state index contributed by atoms with van der Waals surface area (Å²) in [5.41, 5.74) is 2.27. The van der Waals surface area contributed by atoms with E-state index >= 15 is 0 Å². The maximum absolute atomic E-state index is 12.7. The van der Waals surface area contributed by atoms with Crippen molar-refractivity contribution >= 4 is 27.3 Å². The molecule has 2 N–H and O–H groups in total. The zero-order valence-electron chi connectivity index (χ0n) is 17.5. The van der Waals surface area contributed by atoms with Crippen molar-refractivity contribution in [1.29, 1.82) is 0 Å². The van der Waals surface area contributed by atoms with Crippen LogP contribution in [0.25, 0.3) is 0 Å². The van der Waals surface area contributed by atoms with E-state index in [0.29, 0.717) is 47.4 Å². The molecule has 0 atom stereocenters. The van der Waals surface area contributed by atoms with Crippen molar-refractivity contribution < 1.29 is 27.4 Å². The number of sulfonamides is 1. The number of hydrogen-bond donors (Lipinski definition) is 2. The lowest BCUT2D eigenvalue weighted by molar-refractivity contribution is 0.102. The van der Waals surface area contributed by atoms with Crippen molar-refractivity contribution in [2.24, 2.45) is 0 Å². The third-order valence-electron chi connectivity index (χ3n) is 4.89. The molecule has 0 radical (unpaired) electrons. The lowest BCUT2D eigenvalue weighted by Crippen LogP contribution is -2.17. The van der Waals surface area contributed by atoms with Gasteiger partial charge in [-0.15, -0.1) is 0 Å². The van der Waals surface area contributed by atoms with Crippen molar-refractivity contribution in [3.05, 3.63) is 71.8 Å². The molecule has 1 aliphatic rings. The average molecular weight is 455 g/mol. The number of ether oxygens (including phenoxy) is 3. The van der Waals surface area contributed by atoms with Crippen LogP contribution >= 0.6 is 0 Å². The smallest absolute Gasteiger partial charge is 0.262 e. The highest BCUT2D eigenvalue weighted by atomic mass is 32.2. The first-order chi connectivity index (χ1) is 15.4. The van der Waals surface area contributed by atoms with Crippen molar-refractivity contribution in [3.8, 4) is 17.2 Å². The molecule has 0 unspecified atom stereocenters. The number of nitrogens with one attached hydrogen (secondary N) is 2. The predicted molar refractivity (Wildman–Crippen MR) is 120 cm³/mol. The van der Waals surface area contributed by atoms with Crippen LogP contribution in [0, 0.1) is 6.92 Å². The third kappa shape index (κ3) is 4.62. The Morgan fingerprint density at radius 1 is 0.906 bits per heavy atom. The van der Waals surface area contributed by atoms with Gasteiger partial charge in [0.25, 0.3) is 15.9 Å². The average Bonchev–Trinajstić information content (AvgIpc) is 2.80. The molecular weight excluding hydrogens is 432 g/mol. The van der Waals surface area contributed by atoms with Crippen LogP contribution in [0.1, 0.15) is 15.9 Å². The van der Waals surface area contributed by atoms with Gasteiger partial charge in [-0.05, 0) is 61.0 Å². The number of anilines is 2. The van der Waals surface area contributed by atoms with Gasteiger partial charge >= 0.3 is 0 Å². The van der Waals surface area contributed by atoms with E-state index < -0.39 is 10.0 Å². The molecule has 1 heterocycles. The number of hydrogen-bond acceptors (Lipinski definition) is 6. The molecule has 1 amide bonds. The van der Waals surface area contributed by atoms with Gasteiger partial charge in [0.15, 0.2) is 11.5 Å². The van der Waals surface area contributed by atoms with Crippen LogP contribution < -0.4 is 24.2 Å². The zero-order chi connectivity index (χ0) is 22.7. The Labute approximate surface area is 186 Å². The van der Waals surface area contributed by atoms with Gasteiger partial charge in [0.1, 0.15) is 19.0 Å². The van der Waals surface area contributed by atoms with Crippen LogP contribution in [0.5, 0.6) is 17.2 Å². The van der Waals surface area contributed by atoms with Gasteiger partial charge in [0.05, 0.1) is 12.0 Å². The van der Waals surface area contributed by atoms with Crippen molar-refractivity contribution in [2.45, 2.75) is 11.8 Å². The molecule has 4 rings (SSSR count). The summed E-state index contributed by atoms with van der Waals surface area (Å²) < 4.78 is 44.1. The number of carbonyl (C=O) groups is 1. The lowest BCUT2D eigenvalue weighted by Gasteiger charge is -2.19. The number of rotatable bonds is 6. The number of amides is 1. The van der Waals surface area contributed by atoms with Gasteiger partial charge in [-0.25, -0.2) is 8.42 Å². The predicted octanol–water partition coefficient (Wildman–Crippen LogP) is 3.83. The summed E-state index contributed by atoms with van der Waals surface area (Å²) in [4.78, 5) is 12.6. The normalized spacial score (nSPS) is 12.7. The van der Waals surface area contributed by atoms with Gasteiger partial charge in [0, 0.05) is 23.0 Å². The molecule has 1 aliphatic heterocycles. The summed E-state index contributed by atoms with van der Waals surface area (Å²) in [7, 11) is -2.27. The highest BCUT2D eigenvalue weighted by Gasteiger charge is 2.19. The van der Waals surface area contributed by atoms with Crippen LogP contribution in [-0.4, -0.2) is 34.6 Å². The number of aryl methyl sites for hydroxylation is 1. The summed E-state index contributed by atoms with van der Waals surface area (Å²) in [5, 5.41) is 2.78. The minimum Gasteiger partial charge on any atom is -0.496 e. The molecule has 0 fully saturated rings. The van der Waals surface area contributed by atoms with Gasteiger partial charge in [-0.2, -0.15) is 0 Å². The van der Waals surface area contributed by atoms with Crippen molar-refractivity contribution in [1.82, 2.24) is 0 Å². The summed E-state index contributed by atoms with van der Waals surface area (Å²) in [6.45, 7) is 2.69. The first-order valence-corrected chi connectivity index (χ1v) is 11.3. The van der Waals surface area contributed by atoms with Gasteiger partial charge in [-0.3, -0.25) is 9.52 Å². The molecule has 9 heteroatoms. The quantitative estimate of drug-likeness (QED) is 0.587. The minimum absolute atomic E-state index is 0.0625. The molecule has 0 spiro atoms. The zero-order valence-corrected chi connectivity index (χ0v) is 18.4. The maximum atomic E-state index is 12.7. The molecule has 166 valence electrons. The highest BCUT2D eigenvalue weighted by Crippen LogP contribution is 2.32. The Hall–Kier alpha value is -3.72. The van der Waals surface area contributed by atoms with Crippen LogP contribution in [0.15, 0.2) is 65.6 Å². The van der Waals surface area contributed by atoms with E-state index in [9.17, 15) is 13.2 Å². The molecule has 0 saturated carbocycles. The van der Waals surface area contributed by atoms with E-state index in [2.05, 4.69) is 10.0 Å². The Bertz CT molecular complexity index is 1260. The monoisotopic (exact) mass is 454 g/mol. The topological polar surface area (TPSA) is 103 Å². The van der Waals surface area contributed by atoms with E-state index in [1.54, 1.807) is 49.6 Å². The van der Waals surface area contributed by atoms with Crippen LogP contribution in [0.2, 0.25) is 0 Å². The fourth-order valence-corrected chi connectivity index (χ4v) is 4.26. The fourth-order valence-electron chi connectivity index (χ4n) is 3.19. The minimum atomic E-state index is -3.82. The molecule has 32 heavy (non-hydrogen) atoms. The second-order valence-electron chi connectivity index (χ2n) is 7.13. The fraction of sp³-hybridized carbons (Fsp3) is 0.174. The van der Waals surface area contributed by atoms with E-state index in [4.69, 9.17) is 14.2 Å². The van der Waals surface area contributed by atoms with E-state index in [0.717, 1.165) is 5.56 Å². The van der Waals surface area contributed by atoms with Crippen LogP contribution in [0.4, 0.5) is 11.4 Å². The van der Waals surface area contributed by atoms with Gasteiger partial charge in [-0.1, -0.05) is 6.07 Å². The summed E-state index contributed by atoms with van der Waals surface area (Å²) in [5.74, 6) is 1.24. The van der Waals surface area contributed by atoms with E-state index in [1.807, 2.05) is 13.0 Å². The molecule has 3 aromatic carbocycles. The standard InChI is InChI=1S/C23H22N2O6S/c1-15-3-4-16(13-21(15)29-2)23(26)24-17-5-7-18(8-6-17)25-32(27,28)19-9-10-20-22(14-19)31-12-11-30-20/h3-10,13-14,25H,11-12H2,1-2H3,(H,24,26). The summed E-state index contributed by atoms with van der Waals surface area (Å²) in [6.07, 6.45) is 0. The van der Waals surface area contributed by atoms with Crippen molar-refractivity contribution in [3.63, 3.8) is 0 Å². The molecule has 0 aromatic heterocycles. The second kappa shape index (κ2) is 8.80. The molecule has 8 nitrogen and oxygen atoms in total. The first kappa shape index (κ1) is 21.5. The Morgan fingerprint density at radius 2 is 1.59 bits per heavy atom. The second-order valence-corrected chi connectivity index (χ2v) is 8.81. The summed E-state index contributed by atoms with van der Waals surface area (Å²) >= 11 is 0. The SMILES string of the molecule is COc1cc(C(=O)Nc2ccc(NS(=O)(=O)c3ccc4c(c3)OCCO4)cc2)ccc1C. The molecule has 0 aliphatic carbocycles. The molecular formula is C23H22N2O6S. The number of benzene rings is 3. The van der Waals surface area contributed by atoms with Crippen LogP contribution in [-0.2, 0) is 10.0 Å². The Morgan fingerprint density at radius 3 is 2.31 bits per heavy atom. The van der Waals surface area contributed by atoms with E-state index in [1.165, 1.54) is 12.1 Å². The number of methoxy groups -OCH3 is 1. The maximum Gasteiger partial charge on any atom is 0.262 e. The van der Waals surface area contributed by atoms with Gasteiger partial charge in [0.2, 0.25) is 0 Å². The highest BCUT2D eigenvalue weighted by molar-refractivity contribution is 7.92. The summed E-state index contributed by atoms with van der Waals surface area (Å²) in [6, 6.07) is 16.0. The lowest BCUT2D eigenvalue weighted by atomic mass is 10.1. The largest absolute Gasteiger partial charge is 0.496 e. The first-order valence-electron chi connectivity index (χ1n) is 9.84. The third-order valence-corrected chi connectivity index (χ3v) is 6.27. The number of fused-ring (bicyclic) bond motifs is 1. The van der Waals surface area contributed by atoms with Crippen molar-refractivity contribution in [2.75, 3.05) is 30.4 Å². The van der Waals surface area contributed by atoms with E-state index in [-0.39, 0.29) is 10.8 Å². The Balaban J connectivity index is 1.45. The van der Waals surface area contributed by atoms with Crippen LogP contribution in [0.3, 0.4) is 0 Å². The molecule has 0 saturated heterocycles.